The van der Waals surface area contributed by atoms with Gasteiger partial charge in [0.15, 0.2) is 11.5 Å². The minimum absolute atomic E-state index is 0.158. The van der Waals surface area contributed by atoms with Gasteiger partial charge < -0.3 is 9.64 Å². The fourth-order valence-electron chi connectivity index (χ4n) is 3.63. The van der Waals surface area contributed by atoms with E-state index in [2.05, 4.69) is 82.8 Å². The van der Waals surface area contributed by atoms with Crippen LogP contribution in [0.1, 0.15) is 84.3 Å². The molecule has 0 N–H and O–H groups in total. The zero-order valence-corrected chi connectivity index (χ0v) is 17.9. The lowest BCUT2D eigenvalue weighted by Gasteiger charge is -2.35. The summed E-state index contributed by atoms with van der Waals surface area (Å²) in [4.78, 5) is 2.45. The van der Waals surface area contributed by atoms with Crippen LogP contribution in [0.2, 0.25) is 0 Å². The molecule has 0 aliphatic carbocycles. The van der Waals surface area contributed by atoms with E-state index in [0.29, 0.717) is 5.92 Å². The van der Waals surface area contributed by atoms with Crippen molar-refractivity contribution in [2.45, 2.75) is 78.6 Å². The first-order chi connectivity index (χ1) is 12.9. The average Bonchev–Trinajstić information content (AvgIpc) is 2.69. The normalized spacial score (nSPS) is 14.4. The van der Waals surface area contributed by atoms with Gasteiger partial charge in [-0.15, -0.1) is 0 Å². The van der Waals surface area contributed by atoms with E-state index in [1.165, 1.54) is 35.3 Å². The first-order valence-corrected chi connectivity index (χ1v) is 10.6. The van der Waals surface area contributed by atoms with Crippen molar-refractivity contribution in [3.8, 4) is 11.5 Å². The molecule has 1 atom stereocenters. The molecule has 0 saturated carbocycles. The van der Waals surface area contributed by atoms with Gasteiger partial charge in [0.25, 0.3) is 0 Å². The molecule has 0 radical (unpaired) electrons. The van der Waals surface area contributed by atoms with Crippen LogP contribution in [0.3, 0.4) is 0 Å². The number of hydrogen-bond donors (Lipinski definition) is 0. The summed E-state index contributed by atoms with van der Waals surface area (Å²) in [7, 11) is 0. The molecule has 146 valence electrons. The first-order valence-electron chi connectivity index (χ1n) is 10.6. The Balaban J connectivity index is 2.06. The van der Waals surface area contributed by atoms with Gasteiger partial charge in [0, 0.05) is 6.54 Å². The summed E-state index contributed by atoms with van der Waals surface area (Å²) in [6, 6.07) is 13.6. The van der Waals surface area contributed by atoms with Crippen LogP contribution in [0, 0.1) is 0 Å². The summed E-state index contributed by atoms with van der Waals surface area (Å²) in [5.41, 5.74) is 5.26. The zero-order chi connectivity index (χ0) is 19.6. The van der Waals surface area contributed by atoms with Crippen molar-refractivity contribution < 1.29 is 4.74 Å². The van der Waals surface area contributed by atoms with Crippen LogP contribution in [0.15, 0.2) is 36.4 Å². The van der Waals surface area contributed by atoms with Gasteiger partial charge >= 0.3 is 0 Å². The molecule has 0 saturated heterocycles. The summed E-state index contributed by atoms with van der Waals surface area (Å²) in [5, 5.41) is 0. The fraction of sp³-hybridized carbons (Fsp3) is 0.520. The molecule has 2 nitrogen and oxygen atoms in total. The number of rotatable bonds is 7. The predicted octanol–water partition coefficient (Wildman–Crippen LogP) is 7.93. The average molecular weight is 366 g/mol. The summed E-state index contributed by atoms with van der Waals surface area (Å²) in [6.45, 7) is 14.7. The van der Waals surface area contributed by atoms with Crippen molar-refractivity contribution in [2.24, 2.45) is 0 Å². The Morgan fingerprint density at radius 2 is 1.63 bits per heavy atom. The van der Waals surface area contributed by atoms with E-state index in [9.17, 15) is 0 Å². The van der Waals surface area contributed by atoms with E-state index in [4.69, 9.17) is 4.74 Å². The Kier molecular flexibility index (Phi) is 5.83. The topological polar surface area (TPSA) is 12.5 Å². The number of unbranched alkanes of at least 4 members (excludes halogenated alkanes) is 1. The fourth-order valence-corrected chi connectivity index (χ4v) is 3.63. The first kappa shape index (κ1) is 19.8. The lowest BCUT2D eigenvalue weighted by molar-refractivity contribution is 0.462. The maximum Gasteiger partial charge on any atom is 0.151 e. The number of nitrogens with zero attached hydrogens (tertiary/aromatic N) is 1. The van der Waals surface area contributed by atoms with E-state index in [1.807, 2.05) is 0 Å². The highest BCUT2D eigenvalue weighted by atomic mass is 16.5. The molecule has 2 aromatic carbocycles. The summed E-state index contributed by atoms with van der Waals surface area (Å²) in [5.74, 6) is 2.55. The largest absolute Gasteiger partial charge is 0.453 e. The van der Waals surface area contributed by atoms with Gasteiger partial charge in [-0.3, -0.25) is 0 Å². The highest BCUT2D eigenvalue weighted by Gasteiger charge is 2.27. The second-order valence-corrected chi connectivity index (χ2v) is 8.56. The third-order valence-corrected chi connectivity index (χ3v) is 6.33. The summed E-state index contributed by atoms with van der Waals surface area (Å²) < 4.78 is 6.46. The van der Waals surface area contributed by atoms with Crippen LogP contribution in [0.5, 0.6) is 11.5 Å². The number of benzene rings is 2. The Hall–Kier alpha value is -1.96. The van der Waals surface area contributed by atoms with Gasteiger partial charge in [-0.05, 0) is 66.0 Å². The van der Waals surface area contributed by atoms with Gasteiger partial charge in [-0.1, -0.05) is 60.1 Å². The molecule has 0 spiro atoms. The van der Waals surface area contributed by atoms with Crippen molar-refractivity contribution in [1.82, 2.24) is 0 Å². The molecule has 1 aliphatic rings. The predicted molar refractivity (Wildman–Crippen MR) is 117 cm³/mol. The van der Waals surface area contributed by atoms with Crippen LogP contribution >= 0.6 is 0 Å². The van der Waals surface area contributed by atoms with Gasteiger partial charge in [0.2, 0.25) is 0 Å². The van der Waals surface area contributed by atoms with E-state index in [1.54, 1.807) is 0 Å². The SMILES string of the molecule is CCCCN1c2ccc(C(C)CC)cc2Oc2cc(C(C)(C)CC)ccc21. The highest BCUT2D eigenvalue weighted by Crippen LogP contribution is 2.49. The molecule has 1 unspecified atom stereocenters. The molecule has 3 rings (SSSR count). The van der Waals surface area contributed by atoms with Gasteiger partial charge in [-0.25, -0.2) is 0 Å². The maximum atomic E-state index is 6.46. The number of anilines is 2. The summed E-state index contributed by atoms with van der Waals surface area (Å²) in [6.07, 6.45) is 4.62. The molecule has 0 amide bonds. The lowest BCUT2D eigenvalue weighted by atomic mass is 9.82. The standard InChI is InChI=1S/C25H35NO/c1-7-10-15-26-21-13-11-19(18(4)8-2)16-23(21)27-24-17-20(12-14-22(24)26)25(5,6)9-3/h11-14,16-18H,7-10,15H2,1-6H3. The monoisotopic (exact) mass is 365 g/mol. The van der Waals surface area contributed by atoms with Crippen LogP contribution in [-0.4, -0.2) is 6.54 Å². The number of fused-ring (bicyclic) bond motifs is 2. The Labute approximate surface area is 165 Å². The second kappa shape index (κ2) is 7.96. The maximum absolute atomic E-state index is 6.46. The third kappa shape index (κ3) is 3.85. The molecule has 27 heavy (non-hydrogen) atoms. The van der Waals surface area contributed by atoms with Crippen molar-refractivity contribution in [3.63, 3.8) is 0 Å². The molecule has 2 aromatic rings. The van der Waals surface area contributed by atoms with E-state index < -0.39 is 0 Å². The van der Waals surface area contributed by atoms with Gasteiger partial charge in [-0.2, -0.15) is 0 Å². The number of hydrogen-bond acceptors (Lipinski definition) is 2. The molecular weight excluding hydrogens is 330 g/mol. The lowest BCUT2D eigenvalue weighted by Crippen LogP contribution is -2.23. The molecule has 0 bridgehead atoms. The van der Waals surface area contributed by atoms with Crippen molar-refractivity contribution in [1.29, 1.82) is 0 Å². The van der Waals surface area contributed by atoms with Crippen molar-refractivity contribution >= 4 is 11.4 Å². The van der Waals surface area contributed by atoms with Crippen LogP contribution < -0.4 is 9.64 Å². The Morgan fingerprint density at radius 1 is 0.963 bits per heavy atom. The highest BCUT2D eigenvalue weighted by molar-refractivity contribution is 5.78. The zero-order valence-electron chi connectivity index (χ0n) is 17.9. The van der Waals surface area contributed by atoms with Crippen LogP contribution in [0.4, 0.5) is 11.4 Å². The van der Waals surface area contributed by atoms with E-state index in [-0.39, 0.29) is 5.41 Å². The van der Waals surface area contributed by atoms with Crippen molar-refractivity contribution in [2.75, 3.05) is 11.4 Å². The van der Waals surface area contributed by atoms with Crippen molar-refractivity contribution in [3.05, 3.63) is 47.5 Å². The number of ether oxygens (including phenoxy) is 1. The van der Waals surface area contributed by atoms with Crippen LogP contribution in [0.25, 0.3) is 0 Å². The Bertz CT molecular complexity index is 793. The molecule has 1 heterocycles. The smallest absolute Gasteiger partial charge is 0.151 e. The molecule has 0 aromatic heterocycles. The van der Waals surface area contributed by atoms with Gasteiger partial charge in [0.1, 0.15) is 0 Å². The second-order valence-electron chi connectivity index (χ2n) is 8.56. The minimum Gasteiger partial charge on any atom is -0.453 e. The molecular formula is C25H35NO. The molecule has 2 heteroatoms. The minimum atomic E-state index is 0.158. The van der Waals surface area contributed by atoms with E-state index in [0.717, 1.165) is 30.9 Å². The third-order valence-electron chi connectivity index (χ3n) is 6.33. The quantitative estimate of drug-likeness (QED) is 0.494. The molecule has 1 aliphatic heterocycles. The molecule has 0 fully saturated rings. The van der Waals surface area contributed by atoms with Gasteiger partial charge in [0.05, 0.1) is 11.4 Å². The van der Waals surface area contributed by atoms with E-state index >= 15 is 0 Å². The summed E-state index contributed by atoms with van der Waals surface area (Å²) >= 11 is 0. The van der Waals surface area contributed by atoms with Crippen LogP contribution in [-0.2, 0) is 5.41 Å². The Morgan fingerprint density at radius 3 is 2.26 bits per heavy atom.